The van der Waals surface area contributed by atoms with E-state index in [1.807, 2.05) is 12.1 Å². The molecular formula is C23H27FN4O2. The van der Waals surface area contributed by atoms with E-state index in [0.717, 1.165) is 29.6 Å². The molecule has 0 unspecified atom stereocenters. The van der Waals surface area contributed by atoms with E-state index >= 15 is 0 Å². The third-order valence-electron chi connectivity index (χ3n) is 5.42. The van der Waals surface area contributed by atoms with Crippen molar-refractivity contribution < 1.29 is 13.9 Å². The predicted octanol–water partition coefficient (Wildman–Crippen LogP) is 4.69. The maximum atomic E-state index is 13.6. The highest BCUT2D eigenvalue weighted by atomic mass is 19.1. The summed E-state index contributed by atoms with van der Waals surface area (Å²) in [5.41, 5.74) is 2.08. The summed E-state index contributed by atoms with van der Waals surface area (Å²) in [7, 11) is 1.62. The van der Waals surface area contributed by atoms with Crippen molar-refractivity contribution in [1.82, 2.24) is 14.9 Å². The quantitative estimate of drug-likeness (QED) is 0.544. The van der Waals surface area contributed by atoms with E-state index in [0.29, 0.717) is 29.5 Å². The Morgan fingerprint density at radius 3 is 2.70 bits per heavy atom. The number of nitrogens with zero attached hydrogens (tertiary/aromatic N) is 3. The molecule has 0 atom stereocenters. The van der Waals surface area contributed by atoms with Crippen molar-refractivity contribution in [3.8, 4) is 11.5 Å². The lowest BCUT2D eigenvalue weighted by atomic mass is 10.2. The van der Waals surface area contributed by atoms with E-state index in [9.17, 15) is 4.39 Å². The number of ether oxygens (including phenoxy) is 2. The lowest BCUT2D eigenvalue weighted by molar-refractivity contribution is 0.254. The zero-order chi connectivity index (χ0) is 20.9. The number of nitrogens with one attached hydrogen (secondary N) is 1. The molecule has 1 aliphatic rings. The molecule has 1 aromatic heterocycles. The predicted molar refractivity (Wildman–Crippen MR) is 116 cm³/mol. The zero-order valence-electron chi connectivity index (χ0n) is 17.4. The standard InChI is InChI=1S/C23H27FN4O2/c1-16-12-17(6-7-19(16)24)27-23-18-13-22(21(29-2)14-20(18)25-15-26-23)30-11-5-10-28-8-3-4-9-28/h6-7,12-15H,3-5,8-11H2,1-2H3,(H,25,26,27). The highest BCUT2D eigenvalue weighted by Crippen LogP contribution is 2.35. The van der Waals surface area contributed by atoms with Crippen molar-refractivity contribution in [3.05, 3.63) is 48.0 Å². The van der Waals surface area contributed by atoms with Gasteiger partial charge in [-0.15, -0.1) is 0 Å². The summed E-state index contributed by atoms with van der Waals surface area (Å²) in [4.78, 5) is 11.2. The molecule has 1 aliphatic heterocycles. The second kappa shape index (κ2) is 9.26. The van der Waals surface area contributed by atoms with Crippen LogP contribution in [0.1, 0.15) is 24.8 Å². The highest BCUT2D eigenvalue weighted by Gasteiger charge is 2.14. The summed E-state index contributed by atoms with van der Waals surface area (Å²) in [6, 6.07) is 8.65. The topological polar surface area (TPSA) is 59.5 Å². The number of fused-ring (bicyclic) bond motifs is 1. The van der Waals surface area contributed by atoms with Crippen molar-refractivity contribution in [1.29, 1.82) is 0 Å². The summed E-state index contributed by atoms with van der Waals surface area (Å²) in [6.45, 7) is 5.78. The number of methoxy groups -OCH3 is 1. The first kappa shape index (κ1) is 20.3. The first-order valence-corrected chi connectivity index (χ1v) is 10.3. The fraction of sp³-hybridized carbons (Fsp3) is 0.391. The van der Waals surface area contributed by atoms with Gasteiger partial charge in [0.25, 0.3) is 0 Å². The zero-order valence-corrected chi connectivity index (χ0v) is 17.4. The van der Waals surface area contributed by atoms with Crippen molar-refractivity contribution in [2.24, 2.45) is 0 Å². The van der Waals surface area contributed by atoms with Gasteiger partial charge in [0, 0.05) is 23.7 Å². The van der Waals surface area contributed by atoms with Gasteiger partial charge < -0.3 is 19.7 Å². The van der Waals surface area contributed by atoms with Crippen LogP contribution in [0.5, 0.6) is 11.5 Å². The average Bonchev–Trinajstić information content (AvgIpc) is 3.27. The van der Waals surface area contributed by atoms with E-state index in [-0.39, 0.29) is 5.82 Å². The maximum absolute atomic E-state index is 13.6. The number of aromatic nitrogens is 2. The summed E-state index contributed by atoms with van der Waals surface area (Å²) in [6.07, 6.45) is 5.05. The van der Waals surface area contributed by atoms with Crippen molar-refractivity contribution in [3.63, 3.8) is 0 Å². The molecule has 1 saturated heterocycles. The van der Waals surface area contributed by atoms with E-state index in [1.54, 1.807) is 26.2 Å². The Bertz CT molecular complexity index is 1020. The molecule has 0 saturated carbocycles. The monoisotopic (exact) mass is 410 g/mol. The Hall–Kier alpha value is -2.93. The molecule has 0 amide bonds. The summed E-state index contributed by atoms with van der Waals surface area (Å²) >= 11 is 0. The van der Waals surface area contributed by atoms with Crippen LogP contribution in [0.3, 0.4) is 0 Å². The molecule has 0 spiro atoms. The van der Waals surface area contributed by atoms with Crippen LogP contribution >= 0.6 is 0 Å². The van der Waals surface area contributed by atoms with E-state index in [4.69, 9.17) is 9.47 Å². The molecule has 1 N–H and O–H groups in total. The molecule has 0 bridgehead atoms. The fourth-order valence-corrected chi connectivity index (χ4v) is 3.77. The minimum absolute atomic E-state index is 0.234. The van der Waals surface area contributed by atoms with Crippen LogP contribution in [0.25, 0.3) is 10.9 Å². The van der Waals surface area contributed by atoms with Crippen LogP contribution in [0.2, 0.25) is 0 Å². The molecule has 2 heterocycles. The number of benzene rings is 2. The first-order valence-electron chi connectivity index (χ1n) is 10.3. The molecule has 0 aliphatic carbocycles. The number of rotatable bonds is 8. The minimum Gasteiger partial charge on any atom is -0.493 e. The Balaban J connectivity index is 1.54. The van der Waals surface area contributed by atoms with Crippen molar-refractivity contribution in [2.45, 2.75) is 26.2 Å². The number of halogens is 1. The molecule has 30 heavy (non-hydrogen) atoms. The molecule has 4 rings (SSSR count). The third-order valence-corrected chi connectivity index (χ3v) is 5.42. The van der Waals surface area contributed by atoms with E-state index in [1.165, 1.54) is 38.3 Å². The minimum atomic E-state index is -0.234. The second-order valence-corrected chi connectivity index (χ2v) is 7.58. The normalized spacial score (nSPS) is 14.2. The van der Waals surface area contributed by atoms with Gasteiger partial charge in [-0.05, 0) is 69.1 Å². The summed E-state index contributed by atoms with van der Waals surface area (Å²) in [5, 5.41) is 4.08. The van der Waals surface area contributed by atoms with Crippen LogP contribution in [-0.4, -0.2) is 48.2 Å². The fourth-order valence-electron chi connectivity index (χ4n) is 3.77. The smallest absolute Gasteiger partial charge is 0.162 e. The lowest BCUT2D eigenvalue weighted by Crippen LogP contribution is -2.21. The Morgan fingerprint density at radius 2 is 1.93 bits per heavy atom. The van der Waals surface area contributed by atoms with Crippen LogP contribution in [0.15, 0.2) is 36.7 Å². The highest BCUT2D eigenvalue weighted by molar-refractivity contribution is 5.93. The SMILES string of the molecule is COc1cc2ncnc(Nc3ccc(F)c(C)c3)c2cc1OCCCN1CCCC1. The molecule has 1 fully saturated rings. The number of likely N-dealkylation sites (tertiary alicyclic amines) is 1. The number of anilines is 2. The Kier molecular flexibility index (Phi) is 6.28. The van der Waals surface area contributed by atoms with Gasteiger partial charge in [-0.25, -0.2) is 14.4 Å². The molecule has 6 nitrogen and oxygen atoms in total. The molecular weight excluding hydrogens is 383 g/mol. The van der Waals surface area contributed by atoms with Gasteiger partial charge in [-0.3, -0.25) is 0 Å². The van der Waals surface area contributed by atoms with Crippen LogP contribution in [-0.2, 0) is 0 Å². The molecule has 158 valence electrons. The van der Waals surface area contributed by atoms with Gasteiger partial charge in [0.1, 0.15) is 18.0 Å². The molecule has 2 aromatic carbocycles. The van der Waals surface area contributed by atoms with E-state index < -0.39 is 0 Å². The van der Waals surface area contributed by atoms with Gasteiger partial charge in [0.2, 0.25) is 0 Å². The van der Waals surface area contributed by atoms with Gasteiger partial charge >= 0.3 is 0 Å². The Morgan fingerprint density at radius 1 is 1.10 bits per heavy atom. The lowest BCUT2D eigenvalue weighted by Gasteiger charge is -2.16. The molecule has 0 radical (unpaired) electrons. The average molecular weight is 410 g/mol. The number of aryl methyl sites for hydroxylation is 1. The van der Waals surface area contributed by atoms with Crippen molar-refractivity contribution in [2.75, 3.05) is 38.7 Å². The van der Waals surface area contributed by atoms with Crippen LogP contribution in [0, 0.1) is 12.7 Å². The van der Waals surface area contributed by atoms with Crippen LogP contribution < -0.4 is 14.8 Å². The largest absolute Gasteiger partial charge is 0.493 e. The van der Waals surface area contributed by atoms with Gasteiger partial charge in [-0.1, -0.05) is 0 Å². The van der Waals surface area contributed by atoms with Crippen LogP contribution in [0.4, 0.5) is 15.9 Å². The number of hydrogen-bond acceptors (Lipinski definition) is 6. The molecule has 3 aromatic rings. The van der Waals surface area contributed by atoms with Crippen molar-refractivity contribution >= 4 is 22.4 Å². The third kappa shape index (κ3) is 4.62. The summed E-state index contributed by atoms with van der Waals surface area (Å²) in [5.74, 6) is 1.71. The van der Waals surface area contributed by atoms with E-state index in [2.05, 4.69) is 20.2 Å². The molecule has 7 heteroatoms. The Labute approximate surface area is 176 Å². The summed E-state index contributed by atoms with van der Waals surface area (Å²) < 4.78 is 25.2. The number of hydrogen-bond donors (Lipinski definition) is 1. The van der Waals surface area contributed by atoms with Gasteiger partial charge in [0.15, 0.2) is 11.5 Å². The maximum Gasteiger partial charge on any atom is 0.162 e. The van der Waals surface area contributed by atoms with Gasteiger partial charge in [0.05, 0.1) is 19.2 Å². The first-order chi connectivity index (χ1) is 14.6. The van der Waals surface area contributed by atoms with Gasteiger partial charge in [-0.2, -0.15) is 0 Å². The second-order valence-electron chi connectivity index (χ2n) is 7.58.